The van der Waals surface area contributed by atoms with Crippen LogP contribution in [0.3, 0.4) is 0 Å². The molecule has 2 heterocycles. The monoisotopic (exact) mass is 384 g/mol. The van der Waals surface area contributed by atoms with Crippen LogP contribution in [0, 0.1) is 12.8 Å². The highest BCUT2D eigenvalue weighted by molar-refractivity contribution is 7.85. The Balaban J connectivity index is 0.000000186. The summed E-state index contributed by atoms with van der Waals surface area (Å²) in [6, 6.07) is 10.0. The lowest BCUT2D eigenvalue weighted by molar-refractivity contribution is 0.161. The number of ether oxygens (including phenoxy) is 1. The number of rotatable bonds is 4. The van der Waals surface area contributed by atoms with Crippen molar-refractivity contribution >= 4 is 21.7 Å². The van der Waals surface area contributed by atoms with E-state index in [0.717, 1.165) is 17.9 Å². The Bertz CT molecular complexity index is 779. The molecule has 1 unspecified atom stereocenters. The van der Waals surface area contributed by atoms with Gasteiger partial charge in [0.05, 0.1) is 11.1 Å². The van der Waals surface area contributed by atoms with E-state index in [1.165, 1.54) is 12.1 Å². The molecule has 6 nitrogen and oxygen atoms in total. The fourth-order valence-corrected chi connectivity index (χ4v) is 2.68. The van der Waals surface area contributed by atoms with E-state index in [1.54, 1.807) is 24.4 Å². The zero-order chi connectivity index (χ0) is 18.4. The zero-order valence-electron chi connectivity index (χ0n) is 14.0. The van der Waals surface area contributed by atoms with Crippen LogP contribution in [-0.2, 0) is 10.1 Å². The van der Waals surface area contributed by atoms with Gasteiger partial charge in [-0.15, -0.1) is 0 Å². The van der Waals surface area contributed by atoms with Crippen LogP contribution in [-0.4, -0.2) is 37.1 Å². The average molecular weight is 385 g/mol. The summed E-state index contributed by atoms with van der Waals surface area (Å²) in [6.07, 6.45) is 1.64. The lowest BCUT2D eigenvalue weighted by Crippen LogP contribution is -2.54. The van der Waals surface area contributed by atoms with E-state index in [-0.39, 0.29) is 4.90 Å². The van der Waals surface area contributed by atoms with E-state index >= 15 is 0 Å². The number of nitrogens with one attached hydrogen (secondary N) is 1. The fourth-order valence-electron chi connectivity index (χ4n) is 2.09. The molecule has 3 rings (SSSR count). The lowest BCUT2D eigenvalue weighted by atomic mass is 9.95. The third kappa shape index (κ3) is 6.28. The van der Waals surface area contributed by atoms with Crippen molar-refractivity contribution in [1.82, 2.24) is 10.3 Å². The Morgan fingerprint density at radius 2 is 1.96 bits per heavy atom. The first-order chi connectivity index (χ1) is 11.8. The smallest absolute Gasteiger partial charge is 0.294 e. The first kappa shape index (κ1) is 19.7. The fraction of sp³-hybridized carbons (Fsp3) is 0.353. The van der Waals surface area contributed by atoms with Gasteiger partial charge >= 0.3 is 0 Å². The quantitative estimate of drug-likeness (QED) is 0.622. The average Bonchev–Trinajstić information content (AvgIpc) is 2.55. The van der Waals surface area contributed by atoms with Crippen molar-refractivity contribution in [2.45, 2.75) is 24.8 Å². The van der Waals surface area contributed by atoms with E-state index in [0.29, 0.717) is 23.7 Å². The molecule has 1 fully saturated rings. The van der Waals surface area contributed by atoms with Crippen LogP contribution in [0.5, 0.6) is 5.75 Å². The largest absolute Gasteiger partial charge is 0.490 e. The van der Waals surface area contributed by atoms with Crippen molar-refractivity contribution in [2.24, 2.45) is 5.92 Å². The molecule has 2 atom stereocenters. The number of hydrogen-bond acceptors (Lipinski definition) is 5. The first-order valence-electron chi connectivity index (χ1n) is 7.77. The molecule has 0 amide bonds. The van der Waals surface area contributed by atoms with Crippen LogP contribution < -0.4 is 10.1 Å². The van der Waals surface area contributed by atoms with Crippen molar-refractivity contribution in [1.29, 1.82) is 0 Å². The summed E-state index contributed by atoms with van der Waals surface area (Å²) in [6.45, 7) is 5.84. The highest BCUT2D eigenvalue weighted by atomic mass is 35.5. The second-order valence-electron chi connectivity index (χ2n) is 5.91. The molecule has 2 N–H and O–H groups in total. The highest BCUT2D eigenvalue weighted by Gasteiger charge is 2.26. The SMILES string of the molecule is CC1CN[C@H]1COc1ccc(Cl)nc1.Cc1ccc(S(=O)(=O)O)cc1. The number of halogens is 1. The number of aromatic nitrogens is 1. The summed E-state index contributed by atoms with van der Waals surface area (Å²) in [7, 11) is -4.02. The molecule has 0 saturated carbocycles. The predicted octanol–water partition coefficient (Wildman–Crippen LogP) is 2.96. The molecule has 25 heavy (non-hydrogen) atoms. The predicted molar refractivity (Wildman–Crippen MR) is 96.7 cm³/mol. The molecular formula is C17H21ClN2O4S. The van der Waals surface area contributed by atoms with Crippen LogP contribution in [0.4, 0.5) is 0 Å². The van der Waals surface area contributed by atoms with Gasteiger partial charge in [-0.3, -0.25) is 4.55 Å². The van der Waals surface area contributed by atoms with Gasteiger partial charge in [0.2, 0.25) is 0 Å². The Labute approximate surface area is 152 Å². The van der Waals surface area contributed by atoms with Gasteiger partial charge in [-0.2, -0.15) is 8.42 Å². The summed E-state index contributed by atoms with van der Waals surface area (Å²) >= 11 is 5.66. The Kier molecular flexibility index (Phi) is 6.78. The van der Waals surface area contributed by atoms with Crippen molar-refractivity contribution in [3.63, 3.8) is 0 Å². The summed E-state index contributed by atoms with van der Waals surface area (Å²) in [5.41, 5.74) is 0.956. The minimum absolute atomic E-state index is 0.0666. The molecule has 1 aromatic carbocycles. The Morgan fingerprint density at radius 3 is 2.40 bits per heavy atom. The third-order valence-corrected chi connectivity index (χ3v) is 4.93. The Hall–Kier alpha value is -1.67. The molecule has 0 spiro atoms. The molecule has 8 heteroatoms. The topological polar surface area (TPSA) is 88.5 Å². The number of nitrogens with zero attached hydrogens (tertiary/aromatic N) is 1. The number of aryl methyl sites for hydroxylation is 1. The molecule has 1 saturated heterocycles. The van der Waals surface area contributed by atoms with Crippen LogP contribution in [0.25, 0.3) is 0 Å². The van der Waals surface area contributed by atoms with Crippen molar-refractivity contribution < 1.29 is 17.7 Å². The molecule has 0 radical (unpaired) electrons. The summed E-state index contributed by atoms with van der Waals surface area (Å²) in [5.74, 6) is 1.48. The molecule has 1 aromatic heterocycles. The van der Waals surface area contributed by atoms with Crippen LogP contribution in [0.15, 0.2) is 47.5 Å². The standard InChI is InChI=1S/C10H13ClN2O.C7H8O3S/c1-7-4-12-9(7)6-14-8-2-3-10(11)13-5-8;1-6-2-4-7(5-3-6)11(8,9)10/h2-3,5,7,9,12H,4,6H2,1H3;2-5H,1H3,(H,8,9,10)/t7?,9-;/m0./s1. The van der Waals surface area contributed by atoms with Crippen LogP contribution in [0.2, 0.25) is 5.15 Å². The van der Waals surface area contributed by atoms with E-state index in [1.807, 2.05) is 13.0 Å². The Morgan fingerprint density at radius 1 is 1.28 bits per heavy atom. The van der Waals surface area contributed by atoms with Crippen molar-refractivity contribution in [3.05, 3.63) is 53.3 Å². The summed E-state index contributed by atoms with van der Waals surface area (Å²) in [4.78, 5) is 3.87. The summed E-state index contributed by atoms with van der Waals surface area (Å²) < 4.78 is 35.1. The minimum atomic E-state index is -4.02. The van der Waals surface area contributed by atoms with Crippen LogP contribution in [0.1, 0.15) is 12.5 Å². The van der Waals surface area contributed by atoms with E-state index in [2.05, 4.69) is 17.2 Å². The maximum absolute atomic E-state index is 10.5. The molecule has 1 aliphatic heterocycles. The number of pyridine rings is 1. The first-order valence-corrected chi connectivity index (χ1v) is 9.59. The molecule has 0 bridgehead atoms. The van der Waals surface area contributed by atoms with E-state index < -0.39 is 10.1 Å². The van der Waals surface area contributed by atoms with Gasteiger partial charge in [-0.05, 0) is 43.7 Å². The van der Waals surface area contributed by atoms with Crippen LogP contribution >= 0.6 is 11.6 Å². The van der Waals surface area contributed by atoms with Gasteiger partial charge in [0.1, 0.15) is 17.5 Å². The molecule has 136 valence electrons. The molecule has 0 aliphatic carbocycles. The van der Waals surface area contributed by atoms with E-state index in [9.17, 15) is 8.42 Å². The number of benzene rings is 1. The van der Waals surface area contributed by atoms with Crippen molar-refractivity contribution in [3.8, 4) is 5.75 Å². The van der Waals surface area contributed by atoms with Gasteiger partial charge < -0.3 is 10.1 Å². The van der Waals surface area contributed by atoms with E-state index in [4.69, 9.17) is 20.9 Å². The maximum atomic E-state index is 10.5. The van der Waals surface area contributed by atoms with Gasteiger partial charge in [-0.25, -0.2) is 4.98 Å². The molecule has 2 aromatic rings. The second kappa shape index (κ2) is 8.62. The maximum Gasteiger partial charge on any atom is 0.294 e. The molecular weight excluding hydrogens is 364 g/mol. The van der Waals surface area contributed by atoms with Gasteiger partial charge in [0, 0.05) is 6.04 Å². The third-order valence-electron chi connectivity index (χ3n) is 3.84. The zero-order valence-corrected chi connectivity index (χ0v) is 15.6. The van der Waals surface area contributed by atoms with Gasteiger partial charge in [0.25, 0.3) is 10.1 Å². The summed E-state index contributed by atoms with van der Waals surface area (Å²) in [5, 5.41) is 3.80. The van der Waals surface area contributed by atoms with Gasteiger partial charge in [0.15, 0.2) is 0 Å². The molecule has 1 aliphatic rings. The minimum Gasteiger partial charge on any atom is -0.490 e. The van der Waals surface area contributed by atoms with Crippen molar-refractivity contribution in [2.75, 3.05) is 13.2 Å². The second-order valence-corrected chi connectivity index (χ2v) is 7.72. The highest BCUT2D eigenvalue weighted by Crippen LogP contribution is 2.16. The lowest BCUT2D eigenvalue weighted by Gasteiger charge is -2.35. The van der Waals surface area contributed by atoms with Gasteiger partial charge in [-0.1, -0.05) is 36.2 Å². The normalized spacial score (nSPS) is 19.4. The number of hydrogen-bond donors (Lipinski definition) is 2.